The molecule has 4 aliphatic heterocycles. The Morgan fingerprint density at radius 3 is 2.46 bits per heavy atom. The maximum atomic E-state index is 5.03. The fourth-order valence-electron chi connectivity index (χ4n) is 11.3. The van der Waals surface area contributed by atoms with E-state index < -0.39 is 0 Å². The van der Waals surface area contributed by atoms with Crippen molar-refractivity contribution in [3.63, 3.8) is 0 Å². The van der Waals surface area contributed by atoms with E-state index in [9.17, 15) is 0 Å². The molecule has 3 fully saturated rings. The van der Waals surface area contributed by atoms with Crippen LogP contribution in [0.25, 0.3) is 16.7 Å². The fourth-order valence-corrected chi connectivity index (χ4v) is 12.0. The van der Waals surface area contributed by atoms with Crippen LogP contribution in [0.1, 0.15) is 61.3 Å². The van der Waals surface area contributed by atoms with Crippen molar-refractivity contribution < 1.29 is 0 Å². The van der Waals surface area contributed by atoms with Crippen molar-refractivity contribution in [2.24, 2.45) is 5.92 Å². The Morgan fingerprint density at radius 1 is 0.914 bits per heavy atom. The molecule has 0 radical (unpaired) electrons. The largest absolute Gasteiger partial charge is 0.390 e. The van der Waals surface area contributed by atoms with Gasteiger partial charge in [-0.05, 0) is 117 Å². The van der Waals surface area contributed by atoms with E-state index in [1.165, 1.54) is 52.3 Å². The van der Waals surface area contributed by atoms with Gasteiger partial charge < -0.3 is 44.8 Å². The van der Waals surface area contributed by atoms with E-state index in [4.69, 9.17) is 16.5 Å². The number of fused-ring (bicyclic) bond motifs is 2. The van der Waals surface area contributed by atoms with Crippen molar-refractivity contribution in [3.8, 4) is 0 Å². The summed E-state index contributed by atoms with van der Waals surface area (Å²) in [5, 5.41) is 11.5. The minimum atomic E-state index is 0.0334. The van der Waals surface area contributed by atoms with E-state index in [1.807, 2.05) is 31.6 Å². The quantitative estimate of drug-likeness (QED) is 0.0442. The fraction of sp³-hybridized carbons (Fsp3) is 0.404. The molecule has 0 spiro atoms. The third kappa shape index (κ3) is 10.1. The highest BCUT2D eigenvalue weighted by atomic mass is 32.2. The van der Waals surface area contributed by atoms with Crippen molar-refractivity contribution in [2.75, 3.05) is 96.9 Å². The van der Waals surface area contributed by atoms with E-state index in [-0.39, 0.29) is 6.04 Å². The Labute approximate surface area is 421 Å². The summed E-state index contributed by atoms with van der Waals surface area (Å²) in [5.41, 5.74) is 14.9. The van der Waals surface area contributed by atoms with E-state index in [0.29, 0.717) is 17.9 Å². The summed E-state index contributed by atoms with van der Waals surface area (Å²) in [6, 6.07) is 22.8. The van der Waals surface area contributed by atoms with E-state index >= 15 is 0 Å². The molecule has 13 heteroatoms. The van der Waals surface area contributed by atoms with Gasteiger partial charge in [-0.15, -0.1) is 6.58 Å². The molecule has 2 atom stereocenters. The molecule has 5 aromatic rings. The van der Waals surface area contributed by atoms with Gasteiger partial charge >= 0.3 is 0 Å². The van der Waals surface area contributed by atoms with Crippen molar-refractivity contribution >= 4 is 68.9 Å². The van der Waals surface area contributed by atoms with Gasteiger partial charge in [0.2, 0.25) is 5.95 Å². The lowest BCUT2D eigenvalue weighted by atomic mass is 9.99. The Hall–Kier alpha value is -6.31. The van der Waals surface area contributed by atoms with E-state index in [0.717, 1.165) is 136 Å². The summed E-state index contributed by atoms with van der Waals surface area (Å²) in [4.78, 5) is 25.8. The third-order valence-corrected chi connectivity index (χ3v) is 16.2. The number of nitrogens with one attached hydrogen (secondary N) is 4. The van der Waals surface area contributed by atoms with Crippen LogP contribution in [-0.2, 0) is 12.8 Å². The Balaban J connectivity index is 0.771. The molecular weight excluding hydrogens is 885 g/mol. The lowest BCUT2D eigenvalue weighted by molar-refractivity contribution is 0.0966. The molecular formula is C57H74N12S. The smallest absolute Gasteiger partial charge is 0.231 e. The molecule has 368 valence electrons. The summed E-state index contributed by atoms with van der Waals surface area (Å²) in [7, 11) is 1.92. The number of rotatable bonds is 20. The maximum Gasteiger partial charge on any atom is 0.231 e. The Bertz CT molecular complexity index is 2710. The van der Waals surface area contributed by atoms with Crippen LogP contribution in [0.3, 0.4) is 0 Å². The van der Waals surface area contributed by atoms with Gasteiger partial charge in [0.05, 0.1) is 22.8 Å². The van der Waals surface area contributed by atoms with Gasteiger partial charge in [0, 0.05) is 130 Å². The Kier molecular flexibility index (Phi) is 15.1. The lowest BCUT2D eigenvalue weighted by Crippen LogP contribution is -2.53. The molecule has 2 unspecified atom stereocenters. The molecule has 12 nitrogen and oxygen atoms in total. The first-order valence-corrected chi connectivity index (χ1v) is 26.6. The highest BCUT2D eigenvalue weighted by Gasteiger charge is 2.33. The van der Waals surface area contributed by atoms with Crippen LogP contribution in [0.4, 0.5) is 40.2 Å². The monoisotopic (exact) mass is 959 g/mol. The van der Waals surface area contributed by atoms with Crippen LogP contribution >= 0.6 is 11.9 Å². The van der Waals surface area contributed by atoms with Crippen molar-refractivity contribution in [1.29, 1.82) is 0 Å². The highest BCUT2D eigenvalue weighted by molar-refractivity contribution is 8.00. The number of aryl methyl sites for hydroxylation is 2. The van der Waals surface area contributed by atoms with Gasteiger partial charge in [0.1, 0.15) is 11.5 Å². The summed E-state index contributed by atoms with van der Waals surface area (Å²) in [5.74, 6) is 1.79. The van der Waals surface area contributed by atoms with Crippen LogP contribution in [-0.4, -0.2) is 114 Å². The van der Waals surface area contributed by atoms with Crippen molar-refractivity contribution in [1.82, 2.24) is 35.0 Å². The third-order valence-electron chi connectivity index (χ3n) is 15.4. The first-order chi connectivity index (χ1) is 34.1. The number of aromatic amines is 1. The number of nitrogens with zero attached hydrogens (tertiary/aromatic N) is 8. The molecule has 0 saturated carbocycles. The number of hydrogen-bond acceptors (Lipinski definition) is 12. The van der Waals surface area contributed by atoms with Crippen LogP contribution in [0, 0.1) is 12.8 Å². The van der Waals surface area contributed by atoms with Crippen molar-refractivity contribution in [2.45, 2.75) is 70.9 Å². The molecule has 3 aromatic carbocycles. The molecule has 3 saturated heterocycles. The Morgan fingerprint density at radius 2 is 1.71 bits per heavy atom. The zero-order valence-corrected chi connectivity index (χ0v) is 42.9. The highest BCUT2D eigenvalue weighted by Crippen LogP contribution is 2.41. The van der Waals surface area contributed by atoms with Gasteiger partial charge in [-0.2, -0.15) is 9.97 Å². The number of likely N-dealkylation sites (N-methyl/N-ethyl adjacent to an activating group) is 1. The first-order valence-electron chi connectivity index (χ1n) is 25.4. The molecule has 4 N–H and O–H groups in total. The zero-order chi connectivity index (χ0) is 48.9. The number of allylic oxidation sites excluding steroid dienone is 1. The normalized spacial score (nSPS) is 17.9. The molecule has 2 aromatic heterocycles. The molecule has 6 heterocycles. The summed E-state index contributed by atoms with van der Waals surface area (Å²) >= 11 is 1.76. The summed E-state index contributed by atoms with van der Waals surface area (Å²) in [6.45, 7) is 35.6. The second kappa shape index (κ2) is 21.8. The summed E-state index contributed by atoms with van der Waals surface area (Å²) in [6.07, 6.45) is 15.1. The minimum Gasteiger partial charge on any atom is -0.390 e. The molecule has 0 aliphatic carbocycles. The number of para-hydroxylation sites is 1. The number of piperazine rings is 1. The topological polar surface area (TPSA) is 97.1 Å². The molecule has 9 rings (SSSR count). The second-order valence-corrected chi connectivity index (χ2v) is 20.1. The van der Waals surface area contributed by atoms with Crippen LogP contribution in [0.2, 0.25) is 0 Å². The first kappa shape index (κ1) is 48.7. The zero-order valence-electron chi connectivity index (χ0n) is 42.1. The standard InChI is InChI=1S/C57H74N12S/c1-10-13-17-52(40(5)58-8)68(12-3)42(7)50-37-48(20-18-39(50)4)67-28-23-45(38-67)41(6)64-32-34-65(35-33-64)47-25-29-66(30-26-47)53-21-19-46(36-43(53)11-2)60-57-62-55-49(22-27-59-55)56(63-57)61-51-16-14-15-44-24-31-69(70-9)54(44)51/h10,12,14-16,18-22,27,36-37,45,47,52,58H,1,3,5-7,11,13,17,23-26,28-35,38H2,2,4,8-9H3,(H3,59,60,61,62,63). The van der Waals surface area contributed by atoms with Gasteiger partial charge in [0.25, 0.3) is 0 Å². The van der Waals surface area contributed by atoms with Crippen molar-refractivity contribution in [3.05, 3.63) is 146 Å². The molecule has 70 heavy (non-hydrogen) atoms. The lowest BCUT2D eigenvalue weighted by Gasteiger charge is -2.45. The minimum absolute atomic E-state index is 0.0334. The predicted octanol–water partition coefficient (Wildman–Crippen LogP) is 11.1. The van der Waals surface area contributed by atoms with Gasteiger partial charge in [-0.3, -0.25) is 4.90 Å². The average Bonchev–Trinajstić information content (AvgIpc) is 4.19. The number of benzene rings is 3. The molecule has 0 bridgehead atoms. The maximum absolute atomic E-state index is 5.03. The van der Waals surface area contributed by atoms with E-state index in [1.54, 1.807) is 11.9 Å². The second-order valence-electron chi connectivity index (χ2n) is 19.3. The number of H-pyrrole nitrogens is 1. The average molecular weight is 959 g/mol. The SMILES string of the molecule is C=CCCC(C(=C)NC)N(C=C)C(=C)c1cc(N2CCC(C(=C)N3CCN(C4CCN(c5ccc(Nc6nc(Nc7cccc8c7N(SC)CC8)c7cc[nH]c7n6)cc5CC)CC4)CC3)C2)ccc1C. The number of aromatic nitrogens is 3. The number of piperidine rings is 1. The van der Waals surface area contributed by atoms with Crippen LogP contribution in [0.5, 0.6) is 0 Å². The molecule has 0 amide bonds. The van der Waals surface area contributed by atoms with Gasteiger partial charge in [-0.25, -0.2) is 0 Å². The van der Waals surface area contributed by atoms with Gasteiger partial charge in [-0.1, -0.05) is 69.5 Å². The van der Waals surface area contributed by atoms with Crippen LogP contribution in [0.15, 0.2) is 123 Å². The predicted molar refractivity (Wildman–Crippen MR) is 299 cm³/mol. The number of hydrogen-bond donors (Lipinski definition) is 4. The van der Waals surface area contributed by atoms with Gasteiger partial charge in [0.15, 0.2) is 0 Å². The number of anilines is 7. The summed E-state index contributed by atoms with van der Waals surface area (Å²) < 4.78 is 2.36. The molecule has 4 aliphatic rings. The van der Waals surface area contributed by atoms with Crippen LogP contribution < -0.4 is 30.1 Å². The van der Waals surface area contributed by atoms with E-state index in [2.05, 4.69) is 151 Å².